The van der Waals surface area contributed by atoms with Gasteiger partial charge in [0.1, 0.15) is 0 Å². The van der Waals surface area contributed by atoms with Crippen LogP contribution in [-0.4, -0.2) is 15.0 Å². The number of rotatable bonds is 2. The minimum absolute atomic E-state index is 0.0624. The van der Waals surface area contributed by atoms with Crippen LogP contribution in [0.15, 0.2) is 18.2 Å². The van der Waals surface area contributed by atoms with Gasteiger partial charge in [-0.05, 0) is 24.3 Å². The Balaban J connectivity index is 2.36. The summed E-state index contributed by atoms with van der Waals surface area (Å²) in [6.07, 6.45) is 3.31. The summed E-state index contributed by atoms with van der Waals surface area (Å²) in [5.74, 6) is 0.468. The van der Waals surface area contributed by atoms with Gasteiger partial charge in [0.25, 0.3) is 0 Å². The molecule has 0 aliphatic heterocycles. The highest BCUT2D eigenvalue weighted by molar-refractivity contribution is 6.37. The lowest BCUT2D eigenvalue weighted by atomic mass is 10.2. The van der Waals surface area contributed by atoms with Crippen molar-refractivity contribution in [1.82, 2.24) is 15.0 Å². The second kappa shape index (κ2) is 5.20. The minimum atomic E-state index is 0.0624. The molecule has 7 heteroatoms. The largest absolute Gasteiger partial charge is 0.368 e. The van der Waals surface area contributed by atoms with Crippen molar-refractivity contribution in [1.29, 1.82) is 0 Å². The summed E-state index contributed by atoms with van der Waals surface area (Å²) in [6.45, 7) is 0. The summed E-state index contributed by atoms with van der Waals surface area (Å²) in [7, 11) is 0. The molecule has 0 aliphatic rings. The molecule has 0 bridgehead atoms. The van der Waals surface area contributed by atoms with Crippen molar-refractivity contribution >= 4 is 47.3 Å². The third-order valence-electron chi connectivity index (χ3n) is 2.09. The topological polar surface area (TPSA) is 90.7 Å². The maximum Gasteiger partial charge on any atom is 0.225 e. The monoisotopic (exact) mass is 281 g/mol. The molecule has 1 heterocycles. The lowest BCUT2D eigenvalue weighted by Crippen LogP contribution is -2.04. The van der Waals surface area contributed by atoms with Crippen LogP contribution in [0.1, 0.15) is 11.4 Å². The molecule has 0 aliphatic carbocycles. The summed E-state index contributed by atoms with van der Waals surface area (Å²) < 4.78 is 0. The molecule has 18 heavy (non-hydrogen) atoms. The van der Waals surface area contributed by atoms with Crippen molar-refractivity contribution in [3.8, 4) is 0 Å². The van der Waals surface area contributed by atoms with E-state index in [-0.39, 0.29) is 11.9 Å². The van der Waals surface area contributed by atoms with E-state index >= 15 is 0 Å². The van der Waals surface area contributed by atoms with Crippen molar-refractivity contribution in [2.45, 2.75) is 0 Å². The number of nitrogens with zero attached hydrogens (tertiary/aromatic N) is 3. The Morgan fingerprint density at radius 3 is 2.00 bits per heavy atom. The number of hydrogen-bond donors (Lipinski definition) is 2. The summed E-state index contributed by atoms with van der Waals surface area (Å²) in [6, 6.07) is 5.24. The van der Waals surface area contributed by atoms with Gasteiger partial charge in [-0.15, -0.1) is 0 Å². The Hall–Kier alpha value is -1.85. The van der Waals surface area contributed by atoms with E-state index in [2.05, 4.69) is 15.0 Å². The zero-order chi connectivity index (χ0) is 13.1. The van der Waals surface area contributed by atoms with Crippen LogP contribution in [0.5, 0.6) is 0 Å². The molecule has 1 aromatic carbocycles. The first-order chi connectivity index (χ1) is 8.56. The van der Waals surface area contributed by atoms with Crippen molar-refractivity contribution in [2.24, 2.45) is 0 Å². The first kappa shape index (κ1) is 12.6. The fourth-order valence-electron chi connectivity index (χ4n) is 1.33. The summed E-state index contributed by atoms with van der Waals surface area (Å²) in [5, 5.41) is 1.07. The van der Waals surface area contributed by atoms with E-state index in [0.717, 1.165) is 0 Å². The molecule has 4 N–H and O–H groups in total. The lowest BCUT2D eigenvalue weighted by Gasteiger charge is -2.01. The third-order valence-corrected chi connectivity index (χ3v) is 2.75. The van der Waals surface area contributed by atoms with Gasteiger partial charge in [-0.25, -0.2) is 0 Å². The first-order valence-corrected chi connectivity index (χ1v) is 5.71. The van der Waals surface area contributed by atoms with Crippen LogP contribution < -0.4 is 11.5 Å². The van der Waals surface area contributed by atoms with E-state index in [9.17, 15) is 0 Å². The van der Waals surface area contributed by atoms with E-state index in [4.69, 9.17) is 34.7 Å². The van der Waals surface area contributed by atoms with Gasteiger partial charge >= 0.3 is 0 Å². The van der Waals surface area contributed by atoms with Gasteiger partial charge in [-0.3, -0.25) is 0 Å². The van der Waals surface area contributed by atoms with Gasteiger partial charge in [-0.1, -0.05) is 29.3 Å². The SMILES string of the molecule is Nc1nc(N)nc(/C=C/c2c(Cl)cccc2Cl)n1. The quantitative estimate of drug-likeness (QED) is 0.883. The molecule has 0 saturated carbocycles. The number of hydrogen-bond acceptors (Lipinski definition) is 5. The second-order valence-corrected chi connectivity index (χ2v) is 4.19. The lowest BCUT2D eigenvalue weighted by molar-refractivity contribution is 1.06. The average molecular weight is 282 g/mol. The van der Waals surface area contributed by atoms with Gasteiger partial charge in [0.05, 0.1) is 0 Å². The number of nitrogen functional groups attached to an aromatic ring is 2. The van der Waals surface area contributed by atoms with Crippen LogP contribution in [-0.2, 0) is 0 Å². The van der Waals surface area contributed by atoms with Crippen LogP contribution in [0.4, 0.5) is 11.9 Å². The predicted molar refractivity (Wildman–Crippen MR) is 74.0 cm³/mol. The fourth-order valence-corrected chi connectivity index (χ4v) is 1.85. The van der Waals surface area contributed by atoms with Crippen molar-refractivity contribution < 1.29 is 0 Å². The van der Waals surface area contributed by atoms with Crippen LogP contribution in [0.25, 0.3) is 12.2 Å². The van der Waals surface area contributed by atoms with Gasteiger partial charge in [0.2, 0.25) is 11.9 Å². The summed E-state index contributed by atoms with van der Waals surface area (Å²) in [5.41, 5.74) is 11.6. The Morgan fingerprint density at radius 2 is 1.44 bits per heavy atom. The molecule has 0 spiro atoms. The van der Waals surface area contributed by atoms with E-state index < -0.39 is 0 Å². The minimum Gasteiger partial charge on any atom is -0.368 e. The summed E-state index contributed by atoms with van der Waals surface area (Å²) >= 11 is 12.0. The molecule has 1 aromatic heterocycles. The molecule has 0 radical (unpaired) electrons. The highest BCUT2D eigenvalue weighted by atomic mass is 35.5. The molecule has 2 rings (SSSR count). The Labute approximate surface area is 113 Å². The third kappa shape index (κ3) is 2.88. The fraction of sp³-hybridized carbons (Fsp3) is 0. The standard InChI is InChI=1S/C11H9Cl2N5/c12-7-2-1-3-8(13)6(7)4-5-9-16-10(14)18-11(15)17-9/h1-5H,(H4,14,15,16,17,18)/b5-4+. The molecular formula is C11H9Cl2N5. The highest BCUT2D eigenvalue weighted by Crippen LogP contribution is 2.25. The van der Waals surface area contributed by atoms with Gasteiger partial charge < -0.3 is 11.5 Å². The van der Waals surface area contributed by atoms with Crippen molar-refractivity contribution in [3.63, 3.8) is 0 Å². The predicted octanol–water partition coefficient (Wildman–Crippen LogP) is 2.51. The zero-order valence-corrected chi connectivity index (χ0v) is 10.7. The number of anilines is 2. The maximum absolute atomic E-state index is 6.02. The Kier molecular flexibility index (Phi) is 3.64. The van der Waals surface area contributed by atoms with Gasteiger partial charge in [0.15, 0.2) is 5.82 Å². The zero-order valence-electron chi connectivity index (χ0n) is 9.14. The Bertz CT molecular complexity index is 572. The van der Waals surface area contributed by atoms with E-state index in [1.54, 1.807) is 30.4 Å². The van der Waals surface area contributed by atoms with Crippen molar-refractivity contribution in [3.05, 3.63) is 39.6 Å². The van der Waals surface area contributed by atoms with Gasteiger partial charge in [-0.2, -0.15) is 15.0 Å². The average Bonchev–Trinajstić information content (AvgIpc) is 2.27. The van der Waals surface area contributed by atoms with E-state index in [1.165, 1.54) is 0 Å². The molecule has 5 nitrogen and oxygen atoms in total. The highest BCUT2D eigenvalue weighted by Gasteiger charge is 2.02. The maximum atomic E-state index is 6.02. The number of nitrogens with two attached hydrogens (primary N) is 2. The smallest absolute Gasteiger partial charge is 0.225 e. The number of benzene rings is 1. The van der Waals surface area contributed by atoms with Crippen LogP contribution in [0.2, 0.25) is 10.0 Å². The van der Waals surface area contributed by atoms with E-state index in [0.29, 0.717) is 21.4 Å². The summed E-state index contributed by atoms with van der Waals surface area (Å²) in [4.78, 5) is 11.5. The van der Waals surface area contributed by atoms with Crippen LogP contribution in [0, 0.1) is 0 Å². The van der Waals surface area contributed by atoms with E-state index in [1.807, 2.05) is 0 Å². The molecule has 2 aromatic rings. The van der Waals surface area contributed by atoms with Crippen LogP contribution >= 0.6 is 23.2 Å². The molecule has 0 unspecified atom stereocenters. The van der Waals surface area contributed by atoms with Crippen LogP contribution in [0.3, 0.4) is 0 Å². The molecule has 0 amide bonds. The second-order valence-electron chi connectivity index (χ2n) is 3.38. The molecular weight excluding hydrogens is 273 g/mol. The van der Waals surface area contributed by atoms with Crippen molar-refractivity contribution in [2.75, 3.05) is 11.5 Å². The normalized spacial score (nSPS) is 11.0. The first-order valence-electron chi connectivity index (χ1n) is 4.95. The number of aromatic nitrogens is 3. The molecule has 0 fully saturated rings. The molecule has 0 saturated heterocycles. The van der Waals surface area contributed by atoms with Gasteiger partial charge in [0, 0.05) is 15.6 Å². The molecule has 0 atom stereocenters. The Morgan fingerprint density at radius 1 is 0.889 bits per heavy atom. The number of halogens is 2. The molecule has 92 valence electrons.